The summed E-state index contributed by atoms with van der Waals surface area (Å²) >= 11 is 0. The Balaban J connectivity index is 0.000000146. The smallest absolute Gasteiger partial charge is 0.138 e. The van der Waals surface area contributed by atoms with Crippen molar-refractivity contribution in [3.05, 3.63) is 139 Å². The molecule has 1 fully saturated rings. The average molecular weight is 779 g/mol. The van der Waals surface area contributed by atoms with Gasteiger partial charge < -0.3 is 4.57 Å². The molecule has 9 aromatic heterocycles. The average Bonchev–Trinajstić information content (AvgIpc) is 4.13. The van der Waals surface area contributed by atoms with E-state index < -0.39 is 0 Å². The predicted octanol–water partition coefficient (Wildman–Crippen LogP) is 9.73. The first-order chi connectivity index (χ1) is 28.9. The van der Waals surface area contributed by atoms with Gasteiger partial charge in [0, 0.05) is 90.7 Å². The quantitative estimate of drug-likeness (QED) is 0.164. The van der Waals surface area contributed by atoms with Crippen LogP contribution in [0.4, 0.5) is 0 Å². The van der Waals surface area contributed by atoms with E-state index in [-0.39, 0.29) is 0 Å². The van der Waals surface area contributed by atoms with Crippen LogP contribution in [0, 0.1) is 13.8 Å². The Labute approximate surface area is 343 Å². The maximum absolute atomic E-state index is 5.13. The van der Waals surface area contributed by atoms with Gasteiger partial charge in [0.05, 0.1) is 46.6 Å². The fraction of sp³-hybridized carbons (Fsp3) is 0.234. The molecule has 2 atom stereocenters. The first-order valence-corrected chi connectivity index (χ1v) is 20.2. The van der Waals surface area contributed by atoms with Crippen LogP contribution in [0.5, 0.6) is 0 Å². The van der Waals surface area contributed by atoms with Crippen LogP contribution >= 0.6 is 0 Å². The number of nitrogens with zero attached hydrogens (tertiary/aromatic N) is 12. The van der Waals surface area contributed by atoms with Gasteiger partial charge in [-0.2, -0.15) is 10.2 Å². The number of hydrogen-bond acceptors (Lipinski definition) is 8. The third kappa shape index (κ3) is 7.11. The van der Waals surface area contributed by atoms with Gasteiger partial charge in [0.25, 0.3) is 0 Å². The molecule has 10 heterocycles. The normalized spacial score (nSPS) is 15.1. The van der Waals surface area contributed by atoms with Crippen LogP contribution in [0.2, 0.25) is 0 Å². The molecule has 12 nitrogen and oxygen atoms in total. The molecule has 11 rings (SSSR count). The molecule has 0 radical (unpaired) electrons. The summed E-state index contributed by atoms with van der Waals surface area (Å²) in [5, 5.41) is 8.56. The molecule has 0 saturated heterocycles. The summed E-state index contributed by atoms with van der Waals surface area (Å²) in [4.78, 5) is 28.6. The highest BCUT2D eigenvalue weighted by Crippen LogP contribution is 2.52. The Kier molecular flexibility index (Phi) is 9.97. The molecular formula is C47H46N12. The van der Waals surface area contributed by atoms with Crippen LogP contribution in [0.3, 0.4) is 0 Å². The van der Waals surface area contributed by atoms with Gasteiger partial charge in [0.2, 0.25) is 0 Å². The van der Waals surface area contributed by atoms with Gasteiger partial charge in [-0.1, -0.05) is 32.0 Å². The number of hydrogen-bond donors (Lipinski definition) is 0. The van der Waals surface area contributed by atoms with Crippen molar-refractivity contribution in [2.75, 3.05) is 0 Å². The van der Waals surface area contributed by atoms with Crippen LogP contribution in [0.1, 0.15) is 62.3 Å². The lowest BCUT2D eigenvalue weighted by Gasteiger charge is -2.17. The fourth-order valence-electron chi connectivity index (χ4n) is 8.37. The third-order valence-electron chi connectivity index (χ3n) is 10.9. The Hall–Kier alpha value is -7.08. The van der Waals surface area contributed by atoms with Gasteiger partial charge in [-0.05, 0) is 93.8 Å². The van der Waals surface area contributed by atoms with Gasteiger partial charge in [-0.3, -0.25) is 33.7 Å². The molecule has 9 aromatic rings. The lowest BCUT2D eigenvalue weighted by Crippen LogP contribution is -2.08. The van der Waals surface area contributed by atoms with Crippen molar-refractivity contribution in [1.29, 1.82) is 0 Å². The summed E-state index contributed by atoms with van der Waals surface area (Å²) in [7, 11) is 3.83. The van der Waals surface area contributed by atoms with Crippen LogP contribution in [-0.4, -0.2) is 58.4 Å². The molecule has 1 saturated carbocycles. The van der Waals surface area contributed by atoms with E-state index in [1.54, 1.807) is 9.36 Å². The lowest BCUT2D eigenvalue weighted by atomic mass is 10.1. The minimum absolute atomic E-state index is 0.547. The zero-order valence-corrected chi connectivity index (χ0v) is 34.2. The van der Waals surface area contributed by atoms with Crippen molar-refractivity contribution in [2.45, 2.75) is 58.9 Å². The molecule has 59 heavy (non-hydrogen) atoms. The highest BCUT2D eigenvalue weighted by Gasteiger charge is 2.41. The number of aromatic nitrogens is 12. The van der Waals surface area contributed by atoms with Crippen molar-refractivity contribution < 1.29 is 0 Å². The Morgan fingerprint density at radius 2 is 1.17 bits per heavy atom. The second-order valence-corrected chi connectivity index (χ2v) is 14.9. The zero-order chi connectivity index (χ0) is 40.6. The second kappa shape index (κ2) is 15.7. The maximum Gasteiger partial charge on any atom is 0.138 e. The number of imidazole rings is 2. The van der Waals surface area contributed by atoms with E-state index in [1.165, 1.54) is 30.8 Å². The molecule has 0 aromatic carbocycles. The molecule has 2 aliphatic rings. The number of aryl methyl sites for hydroxylation is 4. The highest BCUT2D eigenvalue weighted by atomic mass is 15.2. The van der Waals surface area contributed by atoms with E-state index in [0.29, 0.717) is 12.0 Å². The van der Waals surface area contributed by atoms with E-state index in [4.69, 9.17) is 19.9 Å². The fourth-order valence-corrected chi connectivity index (χ4v) is 8.37. The third-order valence-corrected chi connectivity index (χ3v) is 10.9. The van der Waals surface area contributed by atoms with Gasteiger partial charge in [0.15, 0.2) is 0 Å². The Bertz CT molecular complexity index is 2930. The molecule has 294 valence electrons. The SMILES string of the molecule is CC.Cc1cccc(-c2nc3ccccn3c2-c2ccnc(-c3cnn(C)c3)c2)n1.Cc1cccc(-c2nc3n(c2-c2ccnc(-c4cnn(C)c4)c2)C2CCC3C2)n1. The maximum atomic E-state index is 5.13. The monoisotopic (exact) mass is 778 g/mol. The summed E-state index contributed by atoms with van der Waals surface area (Å²) in [6.45, 7) is 8.02. The largest absolute Gasteiger partial charge is 0.324 e. The van der Waals surface area contributed by atoms with Gasteiger partial charge >= 0.3 is 0 Å². The van der Waals surface area contributed by atoms with E-state index in [1.807, 2.05) is 134 Å². The summed E-state index contributed by atoms with van der Waals surface area (Å²) < 4.78 is 8.17. The highest BCUT2D eigenvalue weighted by molar-refractivity contribution is 5.82. The first-order valence-electron chi connectivity index (χ1n) is 20.2. The van der Waals surface area contributed by atoms with Crippen LogP contribution < -0.4 is 0 Å². The molecule has 2 bridgehead atoms. The van der Waals surface area contributed by atoms with Gasteiger partial charge in [-0.25, -0.2) is 9.97 Å². The summed E-state index contributed by atoms with van der Waals surface area (Å²) in [6, 6.07) is 27.1. The Morgan fingerprint density at radius 1 is 0.576 bits per heavy atom. The standard InChI is InChI=1S/C23H22N6.C22H18N6.C2H6/c1-14-4-3-5-19(26-14)21-22(29-18-7-6-16(10-18)23(29)27-21)15-8-9-24-20(11-15)17-12-25-28(2)13-17;1-15-6-5-7-18(25-15)21-22(28-11-4-3-8-20(28)26-21)16-9-10-23-19(12-16)17-13-24-27(2)14-17;1-2/h3-5,8-9,11-13,16,18H,6-7,10H2,1-2H3;3-14H,1-2H3;1-2H3. The second-order valence-electron chi connectivity index (χ2n) is 14.9. The topological polar surface area (TPSA) is 122 Å². The molecule has 0 spiro atoms. The van der Waals surface area contributed by atoms with Crippen LogP contribution in [0.15, 0.2) is 122 Å². The first kappa shape index (κ1) is 37.5. The van der Waals surface area contributed by atoms with Crippen molar-refractivity contribution >= 4 is 5.65 Å². The van der Waals surface area contributed by atoms with Crippen molar-refractivity contribution in [3.63, 3.8) is 0 Å². The van der Waals surface area contributed by atoms with Gasteiger partial charge in [-0.15, -0.1) is 0 Å². The van der Waals surface area contributed by atoms with Crippen LogP contribution in [-0.2, 0) is 14.1 Å². The predicted molar refractivity (Wildman–Crippen MR) is 231 cm³/mol. The molecule has 12 heteroatoms. The van der Waals surface area contributed by atoms with Crippen LogP contribution in [0.25, 0.3) is 73.5 Å². The number of rotatable bonds is 6. The molecule has 2 unspecified atom stereocenters. The lowest BCUT2D eigenvalue weighted by molar-refractivity contribution is 0.530. The number of fused-ring (bicyclic) bond motifs is 6. The summed E-state index contributed by atoms with van der Waals surface area (Å²) in [5.74, 6) is 1.81. The molecule has 0 N–H and O–H groups in total. The van der Waals surface area contributed by atoms with E-state index >= 15 is 0 Å². The van der Waals surface area contributed by atoms with E-state index in [2.05, 4.69) is 59.5 Å². The van der Waals surface area contributed by atoms with Gasteiger partial charge in [0.1, 0.15) is 22.9 Å². The number of pyridine rings is 5. The van der Waals surface area contributed by atoms with E-state index in [9.17, 15) is 0 Å². The van der Waals surface area contributed by atoms with E-state index in [0.717, 1.165) is 79.1 Å². The summed E-state index contributed by atoms with van der Waals surface area (Å²) in [6.07, 6.45) is 17.1. The summed E-state index contributed by atoms with van der Waals surface area (Å²) in [5.41, 5.74) is 14.7. The van der Waals surface area contributed by atoms with Crippen molar-refractivity contribution in [3.8, 4) is 67.8 Å². The minimum atomic E-state index is 0.547. The Morgan fingerprint density at radius 3 is 1.75 bits per heavy atom. The minimum Gasteiger partial charge on any atom is -0.324 e. The zero-order valence-electron chi connectivity index (χ0n) is 34.2. The van der Waals surface area contributed by atoms with Crippen molar-refractivity contribution in [1.82, 2.24) is 58.4 Å². The van der Waals surface area contributed by atoms with Crippen molar-refractivity contribution in [2.24, 2.45) is 14.1 Å². The molecule has 1 aliphatic carbocycles. The molecule has 0 amide bonds. The molecular weight excluding hydrogens is 733 g/mol. The molecule has 1 aliphatic heterocycles.